The predicted octanol–water partition coefficient (Wildman–Crippen LogP) is 2.95. The molecule has 2 heteroatoms. The van der Waals surface area contributed by atoms with Crippen LogP contribution >= 0.6 is 0 Å². The molecule has 1 aliphatic carbocycles. The van der Waals surface area contributed by atoms with Crippen LogP contribution < -0.4 is 5.32 Å². The van der Waals surface area contributed by atoms with Crippen LogP contribution in [-0.4, -0.2) is 24.3 Å². The molecule has 0 spiro atoms. The quantitative estimate of drug-likeness (QED) is 0.668. The number of rotatable bonds is 8. The lowest BCUT2D eigenvalue weighted by Crippen LogP contribution is -2.43. The van der Waals surface area contributed by atoms with Gasteiger partial charge in [0.25, 0.3) is 0 Å². The Bertz CT molecular complexity index is 187. The molecule has 1 fully saturated rings. The van der Waals surface area contributed by atoms with Crippen LogP contribution in [0, 0.1) is 11.3 Å². The normalized spacial score (nSPS) is 20.8. The molecule has 0 heterocycles. The Morgan fingerprint density at radius 1 is 1.25 bits per heavy atom. The standard InChI is InChI=1S/C14H29NO/c1-12(2)10-14(7-5-8-14)11-15-13(3)6-4-9-16/h12-13,15-16H,4-11H2,1-3H3. The lowest BCUT2D eigenvalue weighted by atomic mass is 9.64. The summed E-state index contributed by atoms with van der Waals surface area (Å²) in [5, 5.41) is 12.4. The number of hydrogen-bond donors (Lipinski definition) is 2. The lowest BCUT2D eigenvalue weighted by Gasteiger charge is -2.44. The summed E-state index contributed by atoms with van der Waals surface area (Å²) in [6.07, 6.45) is 7.61. The largest absolute Gasteiger partial charge is 0.396 e. The minimum absolute atomic E-state index is 0.323. The fraction of sp³-hybridized carbons (Fsp3) is 1.00. The molecule has 0 bridgehead atoms. The summed E-state index contributed by atoms with van der Waals surface area (Å²) >= 11 is 0. The Hall–Kier alpha value is -0.0800. The van der Waals surface area contributed by atoms with E-state index in [1.165, 1.54) is 32.2 Å². The van der Waals surface area contributed by atoms with Crippen molar-refractivity contribution >= 4 is 0 Å². The van der Waals surface area contributed by atoms with E-state index in [1.807, 2.05) is 0 Å². The first-order valence-corrected chi connectivity index (χ1v) is 6.92. The van der Waals surface area contributed by atoms with Crippen LogP contribution in [0.15, 0.2) is 0 Å². The van der Waals surface area contributed by atoms with Crippen molar-refractivity contribution in [2.75, 3.05) is 13.2 Å². The molecule has 0 amide bonds. The fourth-order valence-electron chi connectivity index (χ4n) is 2.89. The lowest BCUT2D eigenvalue weighted by molar-refractivity contribution is 0.0939. The topological polar surface area (TPSA) is 32.3 Å². The minimum Gasteiger partial charge on any atom is -0.396 e. The van der Waals surface area contributed by atoms with Crippen LogP contribution in [0.4, 0.5) is 0 Å². The number of hydrogen-bond acceptors (Lipinski definition) is 2. The van der Waals surface area contributed by atoms with E-state index in [4.69, 9.17) is 5.11 Å². The van der Waals surface area contributed by atoms with Crippen molar-refractivity contribution < 1.29 is 5.11 Å². The van der Waals surface area contributed by atoms with E-state index in [0.717, 1.165) is 18.8 Å². The summed E-state index contributed by atoms with van der Waals surface area (Å²) in [5.41, 5.74) is 0.599. The van der Waals surface area contributed by atoms with Crippen LogP contribution in [0.3, 0.4) is 0 Å². The summed E-state index contributed by atoms with van der Waals surface area (Å²) in [6.45, 7) is 8.39. The van der Waals surface area contributed by atoms with Gasteiger partial charge in [0.05, 0.1) is 0 Å². The predicted molar refractivity (Wildman–Crippen MR) is 69.5 cm³/mol. The maximum Gasteiger partial charge on any atom is 0.0431 e. The number of nitrogens with one attached hydrogen (secondary N) is 1. The van der Waals surface area contributed by atoms with Gasteiger partial charge in [0.1, 0.15) is 0 Å². The van der Waals surface area contributed by atoms with Crippen molar-refractivity contribution in [2.24, 2.45) is 11.3 Å². The summed E-state index contributed by atoms with van der Waals surface area (Å²) in [5.74, 6) is 0.815. The molecule has 0 aromatic carbocycles. The maximum absolute atomic E-state index is 8.79. The molecule has 0 saturated heterocycles. The highest BCUT2D eigenvalue weighted by atomic mass is 16.2. The van der Waals surface area contributed by atoms with Gasteiger partial charge in [-0.15, -0.1) is 0 Å². The third-order valence-corrected chi connectivity index (χ3v) is 3.88. The average molecular weight is 227 g/mol. The van der Waals surface area contributed by atoms with Gasteiger partial charge in [-0.2, -0.15) is 0 Å². The van der Waals surface area contributed by atoms with Crippen molar-refractivity contribution in [3.63, 3.8) is 0 Å². The van der Waals surface area contributed by atoms with Crippen molar-refractivity contribution in [1.82, 2.24) is 5.32 Å². The average Bonchev–Trinajstić information content (AvgIpc) is 2.18. The molecule has 1 rings (SSSR count). The zero-order valence-corrected chi connectivity index (χ0v) is 11.3. The van der Waals surface area contributed by atoms with E-state index < -0.39 is 0 Å². The second-order valence-corrected chi connectivity index (χ2v) is 6.10. The van der Waals surface area contributed by atoms with Gasteiger partial charge in [-0.3, -0.25) is 0 Å². The Morgan fingerprint density at radius 3 is 2.38 bits per heavy atom. The summed E-state index contributed by atoms with van der Waals surface area (Å²) in [7, 11) is 0. The van der Waals surface area contributed by atoms with Gasteiger partial charge in [-0.05, 0) is 50.4 Å². The molecule has 0 aliphatic heterocycles. The second kappa shape index (κ2) is 6.61. The van der Waals surface area contributed by atoms with Gasteiger partial charge >= 0.3 is 0 Å². The molecule has 1 saturated carbocycles. The third kappa shape index (κ3) is 4.42. The van der Waals surface area contributed by atoms with Gasteiger partial charge in [-0.25, -0.2) is 0 Å². The summed E-state index contributed by atoms with van der Waals surface area (Å²) in [6, 6.07) is 0.553. The SMILES string of the molecule is CC(C)CC1(CNC(C)CCCO)CCC1. The number of aliphatic hydroxyl groups excluding tert-OH is 1. The first kappa shape index (κ1) is 14.0. The molecule has 96 valence electrons. The fourth-order valence-corrected chi connectivity index (χ4v) is 2.89. The molecule has 0 aromatic rings. The molecule has 16 heavy (non-hydrogen) atoms. The maximum atomic E-state index is 8.79. The van der Waals surface area contributed by atoms with Crippen LogP contribution in [0.5, 0.6) is 0 Å². The van der Waals surface area contributed by atoms with E-state index in [0.29, 0.717) is 18.1 Å². The smallest absolute Gasteiger partial charge is 0.0431 e. The zero-order valence-electron chi connectivity index (χ0n) is 11.3. The summed E-state index contributed by atoms with van der Waals surface area (Å²) < 4.78 is 0. The summed E-state index contributed by atoms with van der Waals surface area (Å²) in [4.78, 5) is 0. The van der Waals surface area contributed by atoms with Gasteiger partial charge < -0.3 is 10.4 Å². The first-order chi connectivity index (χ1) is 7.58. The monoisotopic (exact) mass is 227 g/mol. The molecule has 1 atom stereocenters. The molecular weight excluding hydrogens is 198 g/mol. The molecule has 2 nitrogen and oxygen atoms in total. The van der Waals surface area contributed by atoms with E-state index in [1.54, 1.807) is 0 Å². The zero-order chi connectivity index (χ0) is 12.0. The van der Waals surface area contributed by atoms with Crippen molar-refractivity contribution in [1.29, 1.82) is 0 Å². The van der Waals surface area contributed by atoms with Gasteiger partial charge in [0.2, 0.25) is 0 Å². The van der Waals surface area contributed by atoms with Crippen LogP contribution in [0.1, 0.15) is 59.3 Å². The molecule has 1 aliphatic rings. The molecule has 2 N–H and O–H groups in total. The Kier molecular flexibility index (Phi) is 5.77. The highest BCUT2D eigenvalue weighted by molar-refractivity contribution is 4.90. The van der Waals surface area contributed by atoms with Gasteiger partial charge in [0, 0.05) is 19.2 Å². The Balaban J connectivity index is 2.23. The van der Waals surface area contributed by atoms with Crippen LogP contribution in [0.2, 0.25) is 0 Å². The molecule has 1 unspecified atom stereocenters. The highest BCUT2D eigenvalue weighted by Crippen LogP contribution is 2.45. The van der Waals surface area contributed by atoms with Crippen LogP contribution in [-0.2, 0) is 0 Å². The van der Waals surface area contributed by atoms with E-state index in [-0.39, 0.29) is 0 Å². The van der Waals surface area contributed by atoms with Crippen molar-refractivity contribution in [2.45, 2.75) is 65.3 Å². The molecule has 0 radical (unpaired) electrons. The Morgan fingerprint density at radius 2 is 1.94 bits per heavy atom. The second-order valence-electron chi connectivity index (χ2n) is 6.10. The van der Waals surface area contributed by atoms with Gasteiger partial charge in [0.15, 0.2) is 0 Å². The first-order valence-electron chi connectivity index (χ1n) is 6.92. The minimum atomic E-state index is 0.323. The van der Waals surface area contributed by atoms with Gasteiger partial charge in [-0.1, -0.05) is 20.3 Å². The third-order valence-electron chi connectivity index (χ3n) is 3.88. The van der Waals surface area contributed by atoms with E-state index in [9.17, 15) is 0 Å². The molecular formula is C14H29NO. The van der Waals surface area contributed by atoms with Crippen molar-refractivity contribution in [3.8, 4) is 0 Å². The highest BCUT2D eigenvalue weighted by Gasteiger charge is 2.36. The molecule has 0 aromatic heterocycles. The number of aliphatic hydroxyl groups is 1. The van der Waals surface area contributed by atoms with E-state index >= 15 is 0 Å². The van der Waals surface area contributed by atoms with E-state index in [2.05, 4.69) is 26.1 Å². The van der Waals surface area contributed by atoms with Crippen LogP contribution in [0.25, 0.3) is 0 Å². The Labute approximate surface area is 101 Å². The van der Waals surface area contributed by atoms with Crippen molar-refractivity contribution in [3.05, 3.63) is 0 Å².